The van der Waals surface area contributed by atoms with Crippen LogP contribution in [0.25, 0.3) is 5.69 Å². The first kappa shape index (κ1) is 22.9. The van der Waals surface area contributed by atoms with Gasteiger partial charge in [0.15, 0.2) is 11.0 Å². The highest BCUT2D eigenvalue weighted by Crippen LogP contribution is 2.23. The summed E-state index contributed by atoms with van der Waals surface area (Å²) in [7, 11) is 0. The van der Waals surface area contributed by atoms with Gasteiger partial charge < -0.3 is 10.6 Å². The Morgan fingerprint density at radius 3 is 2.30 bits per heavy atom. The fraction of sp³-hybridized carbons (Fsp3) is 0.160. The summed E-state index contributed by atoms with van der Waals surface area (Å²) < 4.78 is 2.02. The Bertz CT molecular complexity index is 1170. The molecule has 1 amide bonds. The van der Waals surface area contributed by atoms with Gasteiger partial charge in [-0.2, -0.15) is 0 Å². The minimum Gasteiger partial charge on any atom is -0.378 e. The summed E-state index contributed by atoms with van der Waals surface area (Å²) in [6, 6.07) is 27.4. The Hall–Kier alpha value is -3.29. The smallest absolute Gasteiger partial charge is 0.221 e. The number of amides is 1. The predicted molar refractivity (Wildman–Crippen MR) is 134 cm³/mol. The summed E-state index contributed by atoms with van der Waals surface area (Å²) in [6.07, 6.45) is 0.400. The molecule has 0 atom stereocenters. The molecule has 0 bridgehead atoms. The van der Waals surface area contributed by atoms with Crippen molar-refractivity contribution in [3.8, 4) is 5.69 Å². The zero-order chi connectivity index (χ0) is 22.9. The molecule has 0 saturated heterocycles. The number of nitrogens with one attached hydrogen (secondary N) is 2. The highest BCUT2D eigenvalue weighted by Gasteiger charge is 2.15. The van der Waals surface area contributed by atoms with Crippen LogP contribution in [0.5, 0.6) is 0 Å². The quantitative estimate of drug-likeness (QED) is 0.302. The van der Waals surface area contributed by atoms with E-state index in [1.54, 1.807) is 0 Å². The number of hydrogen-bond acceptors (Lipinski definition) is 5. The summed E-state index contributed by atoms with van der Waals surface area (Å²) >= 11 is 7.49. The molecule has 0 aliphatic carbocycles. The maximum absolute atomic E-state index is 12.3. The van der Waals surface area contributed by atoms with Gasteiger partial charge in [-0.1, -0.05) is 71.9 Å². The molecule has 0 aliphatic heterocycles. The fourth-order valence-corrected chi connectivity index (χ4v) is 4.25. The van der Waals surface area contributed by atoms with Gasteiger partial charge in [0, 0.05) is 35.1 Å². The van der Waals surface area contributed by atoms with E-state index in [4.69, 9.17) is 11.6 Å². The summed E-state index contributed by atoms with van der Waals surface area (Å²) in [5.41, 5.74) is 3.01. The van der Waals surface area contributed by atoms with Crippen molar-refractivity contribution in [1.82, 2.24) is 20.1 Å². The minimum atomic E-state index is 0.0155. The standard InChI is InChI=1S/C25H24ClN5OS/c26-20-11-13-21(14-12-20)27-18-23-29-30-25(31(23)22-9-5-2-6-10-22)33-16-15-24(32)28-17-19-7-3-1-4-8-19/h1-14,27H,15-18H2,(H,28,32). The molecule has 1 aromatic heterocycles. The Morgan fingerprint density at radius 2 is 1.58 bits per heavy atom. The number of thioether (sulfide) groups is 1. The average Bonchev–Trinajstić information content (AvgIpc) is 3.26. The second kappa shape index (κ2) is 11.5. The van der Waals surface area contributed by atoms with Crippen molar-refractivity contribution in [3.63, 3.8) is 0 Å². The van der Waals surface area contributed by atoms with Gasteiger partial charge in [0.25, 0.3) is 0 Å². The number of nitrogens with zero attached hydrogens (tertiary/aromatic N) is 3. The number of benzene rings is 3. The molecule has 1 heterocycles. The molecule has 3 aromatic carbocycles. The van der Waals surface area contributed by atoms with Crippen LogP contribution in [-0.2, 0) is 17.9 Å². The van der Waals surface area contributed by atoms with E-state index in [1.807, 2.05) is 89.5 Å². The number of hydrogen-bond donors (Lipinski definition) is 2. The highest BCUT2D eigenvalue weighted by molar-refractivity contribution is 7.99. The highest BCUT2D eigenvalue weighted by atomic mass is 35.5. The van der Waals surface area contributed by atoms with Gasteiger partial charge in [-0.25, -0.2) is 0 Å². The maximum atomic E-state index is 12.3. The number of rotatable bonds is 10. The molecule has 4 aromatic rings. The normalized spacial score (nSPS) is 10.7. The molecule has 33 heavy (non-hydrogen) atoms. The molecule has 0 saturated carbocycles. The molecule has 0 spiro atoms. The number of para-hydroxylation sites is 1. The van der Waals surface area contributed by atoms with Gasteiger partial charge in [0.1, 0.15) is 0 Å². The largest absolute Gasteiger partial charge is 0.378 e. The monoisotopic (exact) mass is 477 g/mol. The Labute approximate surface area is 202 Å². The third-order valence-corrected chi connectivity index (χ3v) is 6.09. The maximum Gasteiger partial charge on any atom is 0.221 e. The topological polar surface area (TPSA) is 71.8 Å². The first-order valence-corrected chi connectivity index (χ1v) is 12.0. The summed E-state index contributed by atoms with van der Waals surface area (Å²) in [5.74, 6) is 1.41. The molecule has 168 valence electrons. The number of halogens is 1. The van der Waals surface area contributed by atoms with E-state index in [2.05, 4.69) is 20.8 Å². The lowest BCUT2D eigenvalue weighted by molar-refractivity contribution is -0.120. The summed E-state index contributed by atoms with van der Waals surface area (Å²) in [6.45, 7) is 1.03. The Morgan fingerprint density at radius 1 is 0.879 bits per heavy atom. The number of carbonyl (C=O) groups excluding carboxylic acids is 1. The van der Waals surface area contributed by atoms with Crippen LogP contribution in [0.4, 0.5) is 5.69 Å². The van der Waals surface area contributed by atoms with Gasteiger partial charge in [0.2, 0.25) is 5.91 Å². The lowest BCUT2D eigenvalue weighted by Crippen LogP contribution is -2.23. The van der Waals surface area contributed by atoms with Crippen LogP contribution in [-0.4, -0.2) is 26.4 Å². The van der Waals surface area contributed by atoms with Gasteiger partial charge in [0.05, 0.1) is 6.54 Å². The van der Waals surface area contributed by atoms with Gasteiger partial charge in [-0.15, -0.1) is 10.2 Å². The lowest BCUT2D eigenvalue weighted by Gasteiger charge is -2.11. The van der Waals surface area contributed by atoms with Crippen molar-refractivity contribution in [2.75, 3.05) is 11.1 Å². The molecule has 0 aliphatic rings. The summed E-state index contributed by atoms with van der Waals surface area (Å²) in [5, 5.41) is 16.6. The van der Waals surface area contributed by atoms with E-state index in [9.17, 15) is 4.79 Å². The molecular formula is C25H24ClN5OS. The molecule has 8 heteroatoms. The van der Waals surface area contributed by atoms with Crippen molar-refractivity contribution in [2.24, 2.45) is 0 Å². The van der Waals surface area contributed by atoms with Gasteiger partial charge in [-0.05, 0) is 42.0 Å². The number of carbonyl (C=O) groups is 1. The minimum absolute atomic E-state index is 0.0155. The van der Waals surface area contributed by atoms with Crippen molar-refractivity contribution >= 4 is 35.0 Å². The van der Waals surface area contributed by atoms with Crippen molar-refractivity contribution < 1.29 is 4.79 Å². The second-order valence-electron chi connectivity index (χ2n) is 7.29. The van der Waals surface area contributed by atoms with E-state index in [0.29, 0.717) is 30.3 Å². The van der Waals surface area contributed by atoms with Gasteiger partial charge >= 0.3 is 0 Å². The SMILES string of the molecule is O=C(CCSc1nnc(CNc2ccc(Cl)cc2)n1-c1ccccc1)NCc1ccccc1. The number of aromatic nitrogens is 3. The Kier molecular flexibility index (Phi) is 8.00. The van der Waals surface area contributed by atoms with E-state index in [1.165, 1.54) is 11.8 Å². The Balaban J connectivity index is 1.38. The average molecular weight is 478 g/mol. The summed E-state index contributed by atoms with van der Waals surface area (Å²) in [4.78, 5) is 12.3. The molecule has 0 unspecified atom stereocenters. The molecule has 0 radical (unpaired) electrons. The molecule has 0 fully saturated rings. The van der Waals surface area contributed by atoms with Crippen molar-refractivity contribution in [1.29, 1.82) is 0 Å². The van der Waals surface area contributed by atoms with Crippen LogP contribution in [0.15, 0.2) is 90.1 Å². The molecule has 6 nitrogen and oxygen atoms in total. The fourth-order valence-electron chi connectivity index (χ4n) is 3.21. The third kappa shape index (κ3) is 6.60. The first-order valence-electron chi connectivity index (χ1n) is 10.6. The molecular weight excluding hydrogens is 454 g/mol. The van der Waals surface area contributed by atoms with Crippen molar-refractivity contribution in [3.05, 3.63) is 101 Å². The van der Waals surface area contributed by atoms with E-state index >= 15 is 0 Å². The van der Waals surface area contributed by atoms with Gasteiger partial charge in [-0.3, -0.25) is 9.36 Å². The second-order valence-corrected chi connectivity index (χ2v) is 8.79. The molecule has 4 rings (SSSR count). The van der Waals surface area contributed by atoms with E-state index in [-0.39, 0.29) is 5.91 Å². The predicted octanol–water partition coefficient (Wildman–Crippen LogP) is 5.33. The molecule has 2 N–H and O–H groups in total. The van der Waals surface area contributed by atoms with Crippen molar-refractivity contribution in [2.45, 2.75) is 24.7 Å². The first-order chi connectivity index (χ1) is 16.2. The van der Waals surface area contributed by atoms with E-state index < -0.39 is 0 Å². The van der Waals surface area contributed by atoms with Crippen LogP contribution in [0.1, 0.15) is 17.8 Å². The third-order valence-electron chi connectivity index (χ3n) is 4.90. The number of anilines is 1. The zero-order valence-electron chi connectivity index (χ0n) is 17.9. The van der Waals surface area contributed by atoms with Crippen LogP contribution >= 0.6 is 23.4 Å². The lowest BCUT2D eigenvalue weighted by atomic mass is 10.2. The van der Waals surface area contributed by atoms with Crippen LogP contribution in [0, 0.1) is 0 Å². The van der Waals surface area contributed by atoms with E-state index in [0.717, 1.165) is 27.9 Å². The van der Waals surface area contributed by atoms with Crippen LogP contribution in [0.2, 0.25) is 5.02 Å². The zero-order valence-corrected chi connectivity index (χ0v) is 19.5. The van der Waals surface area contributed by atoms with Crippen LogP contribution < -0.4 is 10.6 Å². The van der Waals surface area contributed by atoms with Crippen LogP contribution in [0.3, 0.4) is 0 Å².